The number of aliphatic hydroxyl groups is 1. The molecule has 6 heteroatoms. The van der Waals surface area contributed by atoms with Crippen LogP contribution >= 0.6 is 11.8 Å². The summed E-state index contributed by atoms with van der Waals surface area (Å²) in [7, 11) is 1.79. The summed E-state index contributed by atoms with van der Waals surface area (Å²) in [6.45, 7) is 4.19. The first-order chi connectivity index (χ1) is 8.10. The first kappa shape index (κ1) is 14.1. The highest BCUT2D eigenvalue weighted by atomic mass is 32.2. The van der Waals surface area contributed by atoms with E-state index in [1.165, 1.54) is 6.20 Å². The van der Waals surface area contributed by atoms with Crippen molar-refractivity contribution in [3.8, 4) is 0 Å². The molecule has 1 N–H and O–H groups in total. The second kappa shape index (κ2) is 6.66. The van der Waals surface area contributed by atoms with E-state index < -0.39 is 0 Å². The highest BCUT2D eigenvalue weighted by molar-refractivity contribution is 7.99. The van der Waals surface area contributed by atoms with Gasteiger partial charge in [0, 0.05) is 18.1 Å². The average molecular weight is 258 g/mol. The predicted octanol–water partition coefficient (Wildman–Crippen LogP) is 1.21. The third kappa shape index (κ3) is 3.74. The lowest BCUT2D eigenvalue weighted by Crippen LogP contribution is -2.10. The molecule has 0 amide bonds. The number of aryl methyl sites for hydroxylation is 1. The molecule has 17 heavy (non-hydrogen) atoms. The topological polar surface area (TPSA) is 64.3 Å². The van der Waals surface area contributed by atoms with Crippen molar-refractivity contribution in [1.82, 2.24) is 9.78 Å². The molecule has 1 aromatic rings. The van der Waals surface area contributed by atoms with Gasteiger partial charge in [-0.3, -0.25) is 4.68 Å². The standard InChI is InChI=1S/C11H18N2O3S/c1-4-16-11(15)9-5-12-13(3)10(9)7-17-8(2)6-14/h5,8,14H,4,6-7H2,1-3H3. The summed E-state index contributed by atoms with van der Waals surface area (Å²) in [5, 5.41) is 13.2. The Kier molecular flexibility index (Phi) is 5.50. The fourth-order valence-corrected chi connectivity index (χ4v) is 2.18. The number of aliphatic hydroxyl groups excluding tert-OH is 1. The van der Waals surface area contributed by atoms with Crippen LogP contribution in [0, 0.1) is 0 Å². The molecule has 0 radical (unpaired) electrons. The maximum atomic E-state index is 11.7. The van der Waals surface area contributed by atoms with Crippen LogP contribution in [0.3, 0.4) is 0 Å². The molecule has 5 nitrogen and oxygen atoms in total. The van der Waals surface area contributed by atoms with Crippen molar-refractivity contribution in [3.63, 3.8) is 0 Å². The van der Waals surface area contributed by atoms with Gasteiger partial charge in [0.25, 0.3) is 0 Å². The van der Waals surface area contributed by atoms with Gasteiger partial charge in [-0.15, -0.1) is 0 Å². The number of nitrogens with zero attached hydrogens (tertiary/aromatic N) is 2. The van der Waals surface area contributed by atoms with Crippen molar-refractivity contribution >= 4 is 17.7 Å². The summed E-state index contributed by atoms with van der Waals surface area (Å²) in [6, 6.07) is 0. The summed E-state index contributed by atoms with van der Waals surface area (Å²) in [6.07, 6.45) is 1.53. The Morgan fingerprint density at radius 3 is 3.00 bits per heavy atom. The highest BCUT2D eigenvalue weighted by Gasteiger charge is 2.17. The summed E-state index contributed by atoms with van der Waals surface area (Å²) in [5.41, 5.74) is 1.33. The lowest BCUT2D eigenvalue weighted by atomic mass is 10.3. The van der Waals surface area contributed by atoms with E-state index in [1.54, 1.807) is 30.4 Å². The average Bonchev–Trinajstić information content (AvgIpc) is 2.68. The fourth-order valence-electron chi connectivity index (χ4n) is 1.29. The molecule has 0 aromatic carbocycles. The summed E-state index contributed by atoms with van der Waals surface area (Å²) in [4.78, 5) is 11.7. The molecular formula is C11H18N2O3S. The number of hydrogen-bond donors (Lipinski definition) is 1. The maximum Gasteiger partial charge on any atom is 0.341 e. The van der Waals surface area contributed by atoms with E-state index in [9.17, 15) is 4.79 Å². The SMILES string of the molecule is CCOC(=O)c1cnn(C)c1CSC(C)CO. The van der Waals surface area contributed by atoms with Crippen molar-refractivity contribution in [2.24, 2.45) is 7.05 Å². The van der Waals surface area contributed by atoms with Crippen molar-refractivity contribution in [3.05, 3.63) is 17.5 Å². The van der Waals surface area contributed by atoms with Gasteiger partial charge in [0.15, 0.2) is 0 Å². The number of aromatic nitrogens is 2. The Bertz CT molecular complexity index is 379. The fraction of sp³-hybridized carbons (Fsp3) is 0.636. The van der Waals surface area contributed by atoms with Gasteiger partial charge < -0.3 is 9.84 Å². The largest absolute Gasteiger partial charge is 0.462 e. The summed E-state index contributed by atoms with van der Waals surface area (Å²) >= 11 is 1.58. The first-order valence-corrected chi connectivity index (χ1v) is 6.55. The Labute approximate surface area is 105 Å². The van der Waals surface area contributed by atoms with Crippen molar-refractivity contribution in [1.29, 1.82) is 0 Å². The molecule has 0 aliphatic rings. The minimum Gasteiger partial charge on any atom is -0.462 e. The number of thioether (sulfide) groups is 1. The van der Waals surface area contributed by atoms with Gasteiger partial charge in [0.2, 0.25) is 0 Å². The van der Waals surface area contributed by atoms with Crippen LogP contribution < -0.4 is 0 Å². The molecule has 0 fully saturated rings. The molecule has 0 saturated carbocycles. The predicted molar refractivity (Wildman–Crippen MR) is 67.0 cm³/mol. The van der Waals surface area contributed by atoms with E-state index in [2.05, 4.69) is 5.10 Å². The first-order valence-electron chi connectivity index (χ1n) is 5.50. The van der Waals surface area contributed by atoms with Crippen LogP contribution in [-0.2, 0) is 17.5 Å². The zero-order valence-corrected chi connectivity index (χ0v) is 11.2. The molecule has 96 valence electrons. The minimum absolute atomic E-state index is 0.122. The zero-order chi connectivity index (χ0) is 12.8. The number of carbonyl (C=O) groups is 1. The van der Waals surface area contributed by atoms with E-state index in [0.29, 0.717) is 17.9 Å². The number of rotatable bonds is 6. The van der Waals surface area contributed by atoms with Crippen LogP contribution in [0.2, 0.25) is 0 Å². The van der Waals surface area contributed by atoms with E-state index >= 15 is 0 Å². The third-order valence-electron chi connectivity index (χ3n) is 2.32. The smallest absolute Gasteiger partial charge is 0.341 e. The molecule has 0 saturated heterocycles. The monoisotopic (exact) mass is 258 g/mol. The van der Waals surface area contributed by atoms with Crippen LogP contribution in [0.1, 0.15) is 29.9 Å². The maximum absolute atomic E-state index is 11.7. The molecule has 1 aromatic heterocycles. The van der Waals surface area contributed by atoms with E-state index in [4.69, 9.17) is 9.84 Å². The second-order valence-corrected chi connectivity index (χ2v) is 5.08. The Morgan fingerprint density at radius 1 is 1.71 bits per heavy atom. The summed E-state index contributed by atoms with van der Waals surface area (Å²) in [5.74, 6) is 0.291. The lowest BCUT2D eigenvalue weighted by molar-refractivity contribution is 0.0525. The van der Waals surface area contributed by atoms with Gasteiger partial charge in [0.05, 0.1) is 25.1 Å². The molecule has 1 rings (SSSR count). The Morgan fingerprint density at radius 2 is 2.41 bits per heavy atom. The quantitative estimate of drug-likeness (QED) is 0.777. The normalized spacial score (nSPS) is 12.5. The molecule has 0 bridgehead atoms. The van der Waals surface area contributed by atoms with Crippen LogP contribution in [0.25, 0.3) is 0 Å². The Balaban J connectivity index is 2.76. The molecule has 0 spiro atoms. The van der Waals surface area contributed by atoms with Crippen molar-refractivity contribution < 1.29 is 14.6 Å². The number of esters is 1. The van der Waals surface area contributed by atoms with Gasteiger partial charge in [0.1, 0.15) is 5.56 Å². The van der Waals surface area contributed by atoms with Gasteiger partial charge in [-0.2, -0.15) is 16.9 Å². The molecule has 0 aliphatic heterocycles. The third-order valence-corrected chi connectivity index (χ3v) is 3.48. The highest BCUT2D eigenvalue weighted by Crippen LogP contribution is 2.20. The van der Waals surface area contributed by atoms with Crippen molar-refractivity contribution in [2.45, 2.75) is 24.9 Å². The minimum atomic E-state index is -0.340. The van der Waals surface area contributed by atoms with Crippen LogP contribution in [-0.4, -0.2) is 39.3 Å². The molecular weight excluding hydrogens is 240 g/mol. The van der Waals surface area contributed by atoms with Crippen LogP contribution in [0.4, 0.5) is 0 Å². The van der Waals surface area contributed by atoms with E-state index in [0.717, 1.165) is 5.69 Å². The van der Waals surface area contributed by atoms with Crippen LogP contribution in [0.5, 0.6) is 0 Å². The van der Waals surface area contributed by atoms with E-state index in [1.807, 2.05) is 6.92 Å². The lowest BCUT2D eigenvalue weighted by Gasteiger charge is -2.09. The van der Waals surface area contributed by atoms with Gasteiger partial charge >= 0.3 is 5.97 Å². The Hall–Kier alpha value is -1.01. The number of ether oxygens (including phenoxy) is 1. The van der Waals surface area contributed by atoms with Crippen molar-refractivity contribution in [2.75, 3.05) is 13.2 Å². The number of hydrogen-bond acceptors (Lipinski definition) is 5. The molecule has 0 aliphatic carbocycles. The van der Waals surface area contributed by atoms with Gasteiger partial charge in [-0.1, -0.05) is 6.92 Å². The summed E-state index contributed by atoms with van der Waals surface area (Å²) < 4.78 is 6.63. The van der Waals surface area contributed by atoms with Crippen LogP contribution in [0.15, 0.2) is 6.20 Å². The number of carbonyl (C=O) groups excluding carboxylic acids is 1. The van der Waals surface area contributed by atoms with Gasteiger partial charge in [-0.05, 0) is 6.92 Å². The van der Waals surface area contributed by atoms with E-state index in [-0.39, 0.29) is 17.8 Å². The molecule has 1 atom stereocenters. The zero-order valence-electron chi connectivity index (χ0n) is 10.3. The molecule has 1 unspecified atom stereocenters. The second-order valence-electron chi connectivity index (χ2n) is 3.65. The molecule has 1 heterocycles. The van der Waals surface area contributed by atoms with Gasteiger partial charge in [-0.25, -0.2) is 4.79 Å².